The quantitative estimate of drug-likeness (QED) is 0.528. The molecule has 17 heavy (non-hydrogen) atoms. The molecular weight excluding hydrogens is 244 g/mol. The fourth-order valence-electron chi connectivity index (χ4n) is 1.41. The van der Waals surface area contributed by atoms with Crippen LogP contribution in [0.25, 0.3) is 0 Å². The molecule has 1 aromatic heterocycles. The predicted molar refractivity (Wildman–Crippen MR) is 64.6 cm³/mol. The van der Waals surface area contributed by atoms with Gasteiger partial charge in [-0.15, -0.1) is 0 Å². The number of rotatable bonds is 8. The molecule has 1 rings (SSSR count). The smallest absolute Gasteiger partial charge is 0.184 e. The van der Waals surface area contributed by atoms with Crippen LogP contribution in [-0.2, 0) is 16.0 Å². The summed E-state index contributed by atoms with van der Waals surface area (Å²) in [4.78, 5) is 11.9. The molecule has 0 saturated carbocycles. The second kappa shape index (κ2) is 7.42. The molecule has 0 N–H and O–H groups in total. The van der Waals surface area contributed by atoms with Gasteiger partial charge in [-0.1, -0.05) is 11.6 Å². The number of ether oxygens (including phenoxy) is 2. The Morgan fingerprint density at radius 3 is 2.88 bits per heavy atom. The molecular formula is C11H17ClN2O3. The molecule has 0 radical (unpaired) electrons. The van der Waals surface area contributed by atoms with Crippen molar-refractivity contribution in [2.24, 2.45) is 0 Å². The van der Waals surface area contributed by atoms with Crippen LogP contribution in [0, 0.1) is 0 Å². The number of Topliss-reactive ketones (excluding diaryl/α,β-unsaturated/α-hetero) is 1. The van der Waals surface area contributed by atoms with Crippen molar-refractivity contribution >= 4 is 17.4 Å². The first kappa shape index (κ1) is 14.2. The van der Waals surface area contributed by atoms with Gasteiger partial charge in [-0.2, -0.15) is 5.10 Å². The van der Waals surface area contributed by atoms with Crippen molar-refractivity contribution in [2.45, 2.75) is 19.9 Å². The van der Waals surface area contributed by atoms with Gasteiger partial charge in [0, 0.05) is 20.1 Å². The number of hydrogen-bond donors (Lipinski definition) is 0. The lowest BCUT2D eigenvalue weighted by molar-refractivity contribution is 0.0638. The van der Waals surface area contributed by atoms with Crippen molar-refractivity contribution in [2.75, 3.05) is 26.9 Å². The lowest BCUT2D eigenvalue weighted by Gasteiger charge is -2.05. The maximum Gasteiger partial charge on any atom is 0.184 e. The summed E-state index contributed by atoms with van der Waals surface area (Å²) in [6.45, 7) is 3.92. The minimum Gasteiger partial charge on any atom is -0.382 e. The largest absolute Gasteiger partial charge is 0.382 e. The Morgan fingerprint density at radius 2 is 2.24 bits per heavy atom. The third-order valence-electron chi connectivity index (χ3n) is 2.26. The van der Waals surface area contributed by atoms with Crippen LogP contribution in [0.2, 0.25) is 5.02 Å². The lowest BCUT2D eigenvalue weighted by Crippen LogP contribution is -2.13. The first-order valence-corrected chi connectivity index (χ1v) is 5.89. The van der Waals surface area contributed by atoms with Gasteiger partial charge in [-0.05, 0) is 6.92 Å². The standard InChI is InChI=1S/C11H17ClN2O3/c1-3-14-11(9(12)8-13-14)10(15)4-5-17-7-6-16-2/h8H,3-7H2,1-2H3. The first-order chi connectivity index (χ1) is 8.20. The number of halogens is 1. The first-order valence-electron chi connectivity index (χ1n) is 5.51. The van der Waals surface area contributed by atoms with Crippen LogP contribution >= 0.6 is 11.6 Å². The summed E-state index contributed by atoms with van der Waals surface area (Å²) in [7, 11) is 1.61. The van der Waals surface area contributed by atoms with Crippen LogP contribution in [0.4, 0.5) is 0 Å². The molecule has 0 saturated heterocycles. The van der Waals surface area contributed by atoms with Gasteiger partial charge >= 0.3 is 0 Å². The fraction of sp³-hybridized carbons (Fsp3) is 0.636. The molecule has 0 atom stereocenters. The molecule has 0 amide bonds. The molecule has 0 spiro atoms. The molecule has 0 aliphatic heterocycles. The Bertz CT molecular complexity index is 366. The van der Waals surface area contributed by atoms with E-state index in [1.54, 1.807) is 11.8 Å². The SMILES string of the molecule is CCn1ncc(Cl)c1C(=O)CCOCCOC. The highest BCUT2D eigenvalue weighted by atomic mass is 35.5. The van der Waals surface area contributed by atoms with E-state index in [0.29, 0.717) is 43.5 Å². The molecule has 0 aliphatic carbocycles. The van der Waals surface area contributed by atoms with E-state index in [9.17, 15) is 4.79 Å². The third kappa shape index (κ3) is 4.11. The molecule has 0 aliphatic rings. The number of aryl methyl sites for hydroxylation is 1. The second-order valence-corrected chi connectivity index (χ2v) is 3.84. The Labute approximate surface area is 106 Å². The molecule has 0 aromatic carbocycles. The van der Waals surface area contributed by atoms with Crippen LogP contribution in [0.5, 0.6) is 0 Å². The van der Waals surface area contributed by atoms with Gasteiger partial charge in [0.25, 0.3) is 0 Å². The van der Waals surface area contributed by atoms with Crippen molar-refractivity contribution < 1.29 is 14.3 Å². The zero-order valence-corrected chi connectivity index (χ0v) is 10.9. The van der Waals surface area contributed by atoms with Gasteiger partial charge in [0.15, 0.2) is 5.78 Å². The Kier molecular flexibility index (Phi) is 6.18. The van der Waals surface area contributed by atoms with Crippen LogP contribution in [0.1, 0.15) is 23.8 Å². The average molecular weight is 261 g/mol. The van der Waals surface area contributed by atoms with E-state index in [1.165, 1.54) is 6.20 Å². The number of aromatic nitrogens is 2. The van der Waals surface area contributed by atoms with E-state index in [-0.39, 0.29) is 5.78 Å². The van der Waals surface area contributed by atoms with Gasteiger partial charge < -0.3 is 9.47 Å². The van der Waals surface area contributed by atoms with Crippen molar-refractivity contribution in [1.82, 2.24) is 9.78 Å². The zero-order valence-electron chi connectivity index (χ0n) is 10.1. The van der Waals surface area contributed by atoms with Crippen LogP contribution < -0.4 is 0 Å². The molecule has 1 aromatic rings. The van der Waals surface area contributed by atoms with E-state index in [2.05, 4.69) is 5.10 Å². The highest BCUT2D eigenvalue weighted by Gasteiger charge is 2.16. The number of carbonyl (C=O) groups is 1. The normalized spacial score (nSPS) is 10.8. The minimum absolute atomic E-state index is 0.0493. The van der Waals surface area contributed by atoms with Gasteiger partial charge in [-0.3, -0.25) is 9.48 Å². The molecule has 0 fully saturated rings. The third-order valence-corrected chi connectivity index (χ3v) is 2.54. The highest BCUT2D eigenvalue weighted by molar-refractivity contribution is 6.33. The van der Waals surface area contributed by atoms with Crippen LogP contribution in [0.3, 0.4) is 0 Å². The lowest BCUT2D eigenvalue weighted by atomic mass is 10.2. The van der Waals surface area contributed by atoms with E-state index in [4.69, 9.17) is 21.1 Å². The topological polar surface area (TPSA) is 53.4 Å². The highest BCUT2D eigenvalue weighted by Crippen LogP contribution is 2.16. The van der Waals surface area contributed by atoms with E-state index in [1.807, 2.05) is 6.92 Å². The Hall–Kier alpha value is -0.910. The number of ketones is 1. The summed E-state index contributed by atoms with van der Waals surface area (Å²) in [5.74, 6) is -0.0493. The molecule has 6 heteroatoms. The van der Waals surface area contributed by atoms with E-state index in [0.717, 1.165) is 0 Å². The second-order valence-electron chi connectivity index (χ2n) is 3.44. The van der Waals surface area contributed by atoms with Crippen molar-refractivity contribution in [3.63, 3.8) is 0 Å². The predicted octanol–water partition coefficient (Wildman–Crippen LogP) is 1.79. The summed E-state index contributed by atoms with van der Waals surface area (Å²) in [5.41, 5.74) is 0.463. The summed E-state index contributed by atoms with van der Waals surface area (Å²) in [6, 6.07) is 0. The number of methoxy groups -OCH3 is 1. The molecule has 0 bridgehead atoms. The summed E-state index contributed by atoms with van der Waals surface area (Å²) >= 11 is 5.92. The maximum absolute atomic E-state index is 11.9. The van der Waals surface area contributed by atoms with Crippen molar-refractivity contribution in [3.05, 3.63) is 16.9 Å². The van der Waals surface area contributed by atoms with Gasteiger partial charge in [0.2, 0.25) is 0 Å². The van der Waals surface area contributed by atoms with Crippen molar-refractivity contribution in [3.8, 4) is 0 Å². The minimum atomic E-state index is -0.0493. The summed E-state index contributed by atoms with van der Waals surface area (Å²) < 4.78 is 11.7. The van der Waals surface area contributed by atoms with E-state index >= 15 is 0 Å². The number of nitrogens with zero attached hydrogens (tertiary/aromatic N) is 2. The molecule has 0 unspecified atom stereocenters. The monoisotopic (exact) mass is 260 g/mol. The van der Waals surface area contributed by atoms with Gasteiger partial charge in [-0.25, -0.2) is 0 Å². The van der Waals surface area contributed by atoms with Crippen LogP contribution in [-0.4, -0.2) is 42.5 Å². The zero-order chi connectivity index (χ0) is 12.7. The Balaban J connectivity index is 2.44. The molecule has 1 heterocycles. The van der Waals surface area contributed by atoms with E-state index < -0.39 is 0 Å². The summed E-state index contributed by atoms with van der Waals surface area (Å²) in [6.07, 6.45) is 1.79. The van der Waals surface area contributed by atoms with Gasteiger partial charge in [0.05, 0.1) is 31.0 Å². The summed E-state index contributed by atoms with van der Waals surface area (Å²) in [5, 5.41) is 4.41. The molecule has 5 nitrogen and oxygen atoms in total. The Morgan fingerprint density at radius 1 is 1.47 bits per heavy atom. The van der Waals surface area contributed by atoms with Crippen molar-refractivity contribution in [1.29, 1.82) is 0 Å². The van der Waals surface area contributed by atoms with Gasteiger partial charge in [0.1, 0.15) is 5.69 Å². The van der Waals surface area contributed by atoms with Crippen LogP contribution in [0.15, 0.2) is 6.20 Å². The maximum atomic E-state index is 11.9. The number of hydrogen-bond acceptors (Lipinski definition) is 4. The molecule has 96 valence electrons. The number of carbonyl (C=O) groups excluding carboxylic acids is 1. The fourth-order valence-corrected chi connectivity index (χ4v) is 1.65. The average Bonchev–Trinajstić information content (AvgIpc) is 2.70.